The third kappa shape index (κ3) is 5.86. The van der Waals surface area contributed by atoms with E-state index in [0.717, 1.165) is 45.2 Å². The number of pyridine rings is 1. The van der Waals surface area contributed by atoms with Crippen LogP contribution in [0.4, 0.5) is 24.8 Å². The summed E-state index contributed by atoms with van der Waals surface area (Å²) in [7, 11) is 1.80. The van der Waals surface area contributed by atoms with Crippen molar-refractivity contribution in [2.24, 2.45) is 17.9 Å². The molecule has 254 valence electrons. The summed E-state index contributed by atoms with van der Waals surface area (Å²) in [6.45, 7) is 2.25. The molecule has 0 bridgehead atoms. The molecule has 2 aromatic carbocycles. The summed E-state index contributed by atoms with van der Waals surface area (Å²) in [5.74, 6) is 0.565. The quantitative estimate of drug-likeness (QED) is 0.208. The van der Waals surface area contributed by atoms with E-state index in [0.29, 0.717) is 64.4 Å². The molecular formula is C37H34F3N9O. The third-order valence-corrected chi connectivity index (χ3v) is 10.8. The van der Waals surface area contributed by atoms with E-state index in [1.807, 2.05) is 0 Å². The molecule has 0 unspecified atom stereocenters. The lowest BCUT2D eigenvalue weighted by Crippen LogP contribution is -2.25. The highest BCUT2D eigenvalue weighted by molar-refractivity contribution is 6.10. The van der Waals surface area contributed by atoms with Crippen LogP contribution >= 0.6 is 0 Å². The number of nitrogens with one attached hydrogen (secondary N) is 1. The Kier molecular flexibility index (Phi) is 7.46. The van der Waals surface area contributed by atoms with Gasteiger partial charge >= 0.3 is 6.18 Å². The number of benzene rings is 2. The van der Waals surface area contributed by atoms with Crippen LogP contribution in [-0.2, 0) is 26.3 Å². The monoisotopic (exact) mass is 677 g/mol. The van der Waals surface area contributed by atoms with Crippen LogP contribution in [0.25, 0.3) is 22.5 Å². The number of fused-ring (bicyclic) bond motifs is 1. The molecule has 1 N–H and O–H groups in total. The van der Waals surface area contributed by atoms with Gasteiger partial charge in [-0.25, -0.2) is 4.98 Å². The van der Waals surface area contributed by atoms with Crippen molar-refractivity contribution in [3.8, 4) is 34.7 Å². The SMILES string of the molecule is Cn1cnnc1-c1ccc(C#N)cc1-c1cc(NCC2(CC#N)CC2)nc(N2Cc3c(cc(CN4CCC5(CC5)C4)cc3C(F)(F)F)C2=O)c1. The van der Waals surface area contributed by atoms with E-state index in [9.17, 15) is 28.5 Å². The van der Waals surface area contributed by atoms with E-state index in [2.05, 4.69) is 32.6 Å². The molecule has 4 heterocycles. The maximum atomic E-state index is 14.6. The predicted octanol–water partition coefficient (Wildman–Crippen LogP) is 6.69. The van der Waals surface area contributed by atoms with Crippen LogP contribution in [0.2, 0.25) is 0 Å². The number of carbonyl (C=O) groups excluding carboxylic acids is 1. The molecule has 1 amide bonds. The Morgan fingerprint density at radius 1 is 1.00 bits per heavy atom. The molecule has 4 aromatic rings. The minimum atomic E-state index is -4.65. The lowest BCUT2D eigenvalue weighted by atomic mass is 9.97. The minimum Gasteiger partial charge on any atom is -0.369 e. The van der Waals surface area contributed by atoms with Gasteiger partial charge in [-0.2, -0.15) is 23.7 Å². The molecule has 1 saturated heterocycles. The lowest BCUT2D eigenvalue weighted by molar-refractivity contribution is -0.138. The Hall–Kier alpha value is -5.27. The molecule has 2 aliphatic heterocycles. The largest absolute Gasteiger partial charge is 0.416 e. The normalized spacial score (nSPS) is 18.6. The fourth-order valence-electron chi connectivity index (χ4n) is 7.52. The Balaban J connectivity index is 1.20. The number of carbonyl (C=O) groups is 1. The molecule has 2 saturated carbocycles. The maximum absolute atomic E-state index is 14.6. The fraction of sp³-hybridized carbons (Fsp3) is 0.405. The maximum Gasteiger partial charge on any atom is 0.416 e. The van der Waals surface area contributed by atoms with Gasteiger partial charge in [-0.1, -0.05) is 0 Å². The topological polar surface area (TPSA) is 127 Å². The number of hydrogen-bond acceptors (Lipinski definition) is 8. The second-order valence-electron chi connectivity index (χ2n) is 14.4. The van der Waals surface area contributed by atoms with Gasteiger partial charge in [0.25, 0.3) is 5.91 Å². The first-order valence-corrected chi connectivity index (χ1v) is 16.8. The number of hydrogen-bond donors (Lipinski definition) is 1. The van der Waals surface area contributed by atoms with E-state index in [4.69, 9.17) is 4.98 Å². The Bertz CT molecular complexity index is 2120. The number of aromatic nitrogens is 4. The standard InChI is InChI=1S/C37H34F3N9O/c1-47-22-44-46-33(47)26-3-2-23(17-42)12-27(26)25-15-31(43-20-35(4-5-35)8-10-41)45-32(16-25)49-19-29-28(34(49)50)13-24(14-30(29)37(38,39)40)18-48-11-9-36(21-48)6-7-36/h2-3,12-16,22H,4-9,11,18-21H2,1H3,(H,43,45). The number of alkyl halides is 3. The van der Waals surface area contributed by atoms with Gasteiger partial charge in [-0.3, -0.25) is 14.6 Å². The van der Waals surface area contributed by atoms with Crippen molar-refractivity contribution in [3.05, 3.63) is 76.6 Å². The number of halogens is 3. The third-order valence-electron chi connectivity index (χ3n) is 10.8. The molecule has 13 heteroatoms. The van der Waals surface area contributed by atoms with Gasteiger partial charge in [-0.05, 0) is 109 Å². The number of aryl methyl sites for hydroxylation is 1. The van der Waals surface area contributed by atoms with Crippen molar-refractivity contribution in [3.63, 3.8) is 0 Å². The van der Waals surface area contributed by atoms with E-state index >= 15 is 0 Å². The molecule has 2 aromatic heterocycles. The zero-order chi connectivity index (χ0) is 34.8. The fourth-order valence-corrected chi connectivity index (χ4v) is 7.52. The van der Waals surface area contributed by atoms with Gasteiger partial charge in [0.05, 0.1) is 29.8 Å². The van der Waals surface area contributed by atoms with Gasteiger partial charge in [-0.15, -0.1) is 10.2 Å². The van der Waals surface area contributed by atoms with Crippen molar-refractivity contribution in [2.45, 2.75) is 57.8 Å². The number of nitrogens with zero attached hydrogens (tertiary/aromatic N) is 8. The molecule has 0 atom stereocenters. The van der Waals surface area contributed by atoms with E-state index in [1.165, 1.54) is 11.0 Å². The summed E-state index contributed by atoms with van der Waals surface area (Å²) in [6.07, 6.45) is 2.46. The average molecular weight is 678 g/mol. The summed E-state index contributed by atoms with van der Waals surface area (Å²) in [5.41, 5.74) is 2.06. The summed E-state index contributed by atoms with van der Waals surface area (Å²) >= 11 is 0. The highest BCUT2D eigenvalue weighted by Gasteiger charge is 2.48. The van der Waals surface area contributed by atoms with Crippen LogP contribution in [0.1, 0.15) is 71.1 Å². The molecule has 3 fully saturated rings. The number of rotatable bonds is 9. The number of nitriles is 2. The van der Waals surface area contributed by atoms with Gasteiger partial charge in [0, 0.05) is 49.6 Å². The van der Waals surface area contributed by atoms with Gasteiger partial charge in [0.2, 0.25) is 0 Å². The van der Waals surface area contributed by atoms with Gasteiger partial charge in [0.15, 0.2) is 5.82 Å². The predicted molar refractivity (Wildman–Crippen MR) is 178 cm³/mol. The van der Waals surface area contributed by atoms with Crippen LogP contribution in [0.15, 0.2) is 48.8 Å². The van der Waals surface area contributed by atoms with Crippen LogP contribution in [0.3, 0.4) is 0 Å². The number of anilines is 2. The molecular weight excluding hydrogens is 643 g/mol. The number of likely N-dealkylation sites (tertiary alicyclic amines) is 1. The molecule has 4 aliphatic rings. The van der Waals surface area contributed by atoms with Gasteiger partial charge < -0.3 is 9.88 Å². The van der Waals surface area contributed by atoms with E-state index in [-0.39, 0.29) is 28.9 Å². The summed E-state index contributed by atoms with van der Waals surface area (Å²) < 4.78 is 45.6. The van der Waals surface area contributed by atoms with Crippen molar-refractivity contribution in [1.29, 1.82) is 10.5 Å². The second-order valence-corrected chi connectivity index (χ2v) is 14.4. The average Bonchev–Trinajstić information content (AvgIpc) is 3.90. The first-order valence-electron chi connectivity index (χ1n) is 16.8. The Morgan fingerprint density at radius 3 is 2.48 bits per heavy atom. The summed E-state index contributed by atoms with van der Waals surface area (Å²) in [6, 6.07) is 15.9. The Labute approximate surface area is 287 Å². The van der Waals surface area contributed by atoms with Crippen LogP contribution in [0, 0.1) is 33.5 Å². The zero-order valence-corrected chi connectivity index (χ0v) is 27.5. The van der Waals surface area contributed by atoms with Crippen molar-refractivity contribution in [2.75, 3.05) is 29.9 Å². The molecule has 10 nitrogen and oxygen atoms in total. The number of amides is 1. The summed E-state index contributed by atoms with van der Waals surface area (Å²) in [4.78, 5) is 22.4. The molecule has 2 aliphatic carbocycles. The second kappa shape index (κ2) is 11.7. The molecule has 50 heavy (non-hydrogen) atoms. The Morgan fingerprint density at radius 2 is 1.82 bits per heavy atom. The van der Waals surface area contributed by atoms with Crippen molar-refractivity contribution in [1.82, 2.24) is 24.6 Å². The first-order chi connectivity index (χ1) is 24.0. The van der Waals surface area contributed by atoms with Crippen LogP contribution < -0.4 is 10.2 Å². The zero-order valence-electron chi connectivity index (χ0n) is 27.5. The molecule has 1 spiro atoms. The van der Waals surface area contributed by atoms with Crippen molar-refractivity contribution < 1.29 is 18.0 Å². The smallest absolute Gasteiger partial charge is 0.369 e. The van der Waals surface area contributed by atoms with Gasteiger partial charge in [0.1, 0.15) is 18.0 Å². The van der Waals surface area contributed by atoms with Crippen molar-refractivity contribution >= 4 is 17.5 Å². The highest BCUT2D eigenvalue weighted by Crippen LogP contribution is 2.53. The molecule has 0 radical (unpaired) electrons. The van der Waals surface area contributed by atoms with Crippen LogP contribution in [-0.4, -0.2) is 50.2 Å². The summed E-state index contributed by atoms with van der Waals surface area (Å²) in [5, 5.41) is 30.8. The van der Waals surface area contributed by atoms with Crippen LogP contribution in [0.5, 0.6) is 0 Å². The first kappa shape index (κ1) is 32.0. The lowest BCUT2D eigenvalue weighted by Gasteiger charge is -2.20. The van der Waals surface area contributed by atoms with E-state index < -0.39 is 17.6 Å². The minimum absolute atomic E-state index is 0.0362. The highest BCUT2D eigenvalue weighted by atomic mass is 19.4. The van der Waals surface area contributed by atoms with E-state index in [1.54, 1.807) is 54.3 Å². The molecule has 8 rings (SSSR count).